The number of hydrogen-bond acceptors (Lipinski definition) is 2. The van der Waals surface area contributed by atoms with Gasteiger partial charge < -0.3 is 5.73 Å². The van der Waals surface area contributed by atoms with Crippen molar-refractivity contribution in [3.05, 3.63) is 0 Å². The van der Waals surface area contributed by atoms with Crippen molar-refractivity contribution in [1.82, 2.24) is 4.90 Å². The molecular formula is C13H28N2. The maximum absolute atomic E-state index is 6.23. The first-order valence-electron chi connectivity index (χ1n) is 6.53. The number of nitrogens with two attached hydrogens (primary N) is 1. The lowest BCUT2D eigenvalue weighted by Crippen LogP contribution is -2.46. The van der Waals surface area contributed by atoms with Gasteiger partial charge in [0.05, 0.1) is 0 Å². The molecule has 0 aromatic rings. The van der Waals surface area contributed by atoms with Crippen molar-refractivity contribution in [3.8, 4) is 0 Å². The van der Waals surface area contributed by atoms with Gasteiger partial charge >= 0.3 is 0 Å². The summed E-state index contributed by atoms with van der Waals surface area (Å²) in [6.45, 7) is 11.5. The minimum atomic E-state index is 0.164. The second-order valence-electron chi connectivity index (χ2n) is 5.66. The normalized spacial score (nSPS) is 19.2. The summed E-state index contributed by atoms with van der Waals surface area (Å²) in [5.74, 6) is 0.743. The van der Waals surface area contributed by atoms with Crippen LogP contribution in [0.2, 0.25) is 0 Å². The second kappa shape index (κ2) is 5.31. The summed E-state index contributed by atoms with van der Waals surface area (Å²) in [6.07, 6.45) is 4.95. The molecule has 0 bridgehead atoms. The van der Waals surface area contributed by atoms with Gasteiger partial charge in [0.1, 0.15) is 0 Å². The molecule has 90 valence electrons. The molecule has 0 spiro atoms. The molecule has 2 N–H and O–H groups in total. The summed E-state index contributed by atoms with van der Waals surface area (Å²) < 4.78 is 0. The van der Waals surface area contributed by atoms with E-state index >= 15 is 0 Å². The Hall–Kier alpha value is -0.0800. The van der Waals surface area contributed by atoms with Crippen LogP contribution in [0.4, 0.5) is 0 Å². The summed E-state index contributed by atoms with van der Waals surface area (Å²) in [5, 5.41) is 0. The summed E-state index contributed by atoms with van der Waals surface area (Å²) >= 11 is 0. The third-order valence-electron chi connectivity index (χ3n) is 3.47. The van der Waals surface area contributed by atoms with Gasteiger partial charge in [-0.05, 0) is 31.6 Å². The molecule has 0 radical (unpaired) electrons. The van der Waals surface area contributed by atoms with Gasteiger partial charge in [-0.1, -0.05) is 27.7 Å². The highest BCUT2D eigenvalue weighted by atomic mass is 15.2. The van der Waals surface area contributed by atoms with E-state index in [1.807, 2.05) is 0 Å². The Bertz CT molecular complexity index is 181. The molecule has 2 heteroatoms. The fourth-order valence-corrected chi connectivity index (χ4v) is 2.34. The lowest BCUT2D eigenvalue weighted by molar-refractivity contribution is 0.152. The zero-order chi connectivity index (χ0) is 11.5. The van der Waals surface area contributed by atoms with Crippen LogP contribution in [-0.4, -0.2) is 29.6 Å². The molecule has 1 aliphatic carbocycles. The van der Waals surface area contributed by atoms with Crippen LogP contribution in [0.1, 0.15) is 53.4 Å². The van der Waals surface area contributed by atoms with E-state index in [1.165, 1.54) is 32.2 Å². The first kappa shape index (κ1) is 13.0. The standard InChI is InChI=1S/C13H28N2/c1-5-12(6-2)15(9-11(3)4)10-13(14)7-8-13/h11-12H,5-10,14H2,1-4H3. The first-order valence-corrected chi connectivity index (χ1v) is 6.53. The predicted molar refractivity (Wildman–Crippen MR) is 66.9 cm³/mol. The summed E-state index contributed by atoms with van der Waals surface area (Å²) in [6, 6.07) is 0.730. The highest BCUT2D eigenvalue weighted by Crippen LogP contribution is 2.34. The minimum absolute atomic E-state index is 0.164. The molecular weight excluding hydrogens is 184 g/mol. The molecule has 1 aliphatic rings. The largest absolute Gasteiger partial charge is 0.324 e. The van der Waals surface area contributed by atoms with E-state index in [9.17, 15) is 0 Å². The second-order valence-corrected chi connectivity index (χ2v) is 5.66. The van der Waals surface area contributed by atoms with E-state index in [-0.39, 0.29) is 5.54 Å². The molecule has 0 aromatic heterocycles. The van der Waals surface area contributed by atoms with Crippen LogP contribution in [0.3, 0.4) is 0 Å². The number of nitrogens with zero attached hydrogens (tertiary/aromatic N) is 1. The number of hydrogen-bond donors (Lipinski definition) is 1. The van der Waals surface area contributed by atoms with Gasteiger partial charge in [-0.2, -0.15) is 0 Å². The van der Waals surface area contributed by atoms with Crippen molar-refractivity contribution >= 4 is 0 Å². The predicted octanol–water partition coefficient (Wildman–Crippen LogP) is 2.62. The summed E-state index contributed by atoms with van der Waals surface area (Å²) in [4.78, 5) is 2.62. The molecule has 0 heterocycles. The van der Waals surface area contributed by atoms with Gasteiger partial charge in [-0.25, -0.2) is 0 Å². The van der Waals surface area contributed by atoms with E-state index in [1.54, 1.807) is 0 Å². The van der Waals surface area contributed by atoms with E-state index in [2.05, 4.69) is 32.6 Å². The van der Waals surface area contributed by atoms with E-state index in [0.717, 1.165) is 18.5 Å². The van der Waals surface area contributed by atoms with Crippen LogP contribution in [0, 0.1) is 5.92 Å². The van der Waals surface area contributed by atoms with Crippen molar-refractivity contribution in [2.45, 2.75) is 65.0 Å². The average Bonchev–Trinajstić information content (AvgIpc) is 2.84. The molecule has 2 nitrogen and oxygen atoms in total. The Morgan fingerprint density at radius 3 is 2.07 bits per heavy atom. The van der Waals surface area contributed by atoms with Gasteiger partial charge in [0.2, 0.25) is 0 Å². The van der Waals surface area contributed by atoms with Gasteiger partial charge in [0.15, 0.2) is 0 Å². The highest BCUT2D eigenvalue weighted by Gasteiger charge is 2.40. The molecule has 0 saturated heterocycles. The van der Waals surface area contributed by atoms with Crippen LogP contribution in [0.5, 0.6) is 0 Å². The van der Waals surface area contributed by atoms with Crippen molar-refractivity contribution < 1.29 is 0 Å². The van der Waals surface area contributed by atoms with Crippen molar-refractivity contribution in [3.63, 3.8) is 0 Å². The molecule has 1 fully saturated rings. The topological polar surface area (TPSA) is 29.3 Å². The zero-order valence-electron chi connectivity index (χ0n) is 10.9. The maximum atomic E-state index is 6.23. The molecule has 0 aromatic carbocycles. The van der Waals surface area contributed by atoms with Crippen molar-refractivity contribution in [2.75, 3.05) is 13.1 Å². The summed E-state index contributed by atoms with van der Waals surface area (Å²) in [5.41, 5.74) is 6.39. The van der Waals surface area contributed by atoms with Crippen molar-refractivity contribution in [1.29, 1.82) is 0 Å². The fraction of sp³-hybridized carbons (Fsp3) is 1.00. The quantitative estimate of drug-likeness (QED) is 0.703. The Morgan fingerprint density at radius 1 is 1.20 bits per heavy atom. The first-order chi connectivity index (χ1) is 7.00. The van der Waals surface area contributed by atoms with Gasteiger partial charge in [0, 0.05) is 24.7 Å². The molecule has 1 rings (SSSR count). The van der Waals surface area contributed by atoms with Crippen LogP contribution in [0.15, 0.2) is 0 Å². The molecule has 0 amide bonds. The van der Waals surface area contributed by atoms with Crippen LogP contribution >= 0.6 is 0 Å². The van der Waals surface area contributed by atoms with Crippen molar-refractivity contribution in [2.24, 2.45) is 11.7 Å². The monoisotopic (exact) mass is 212 g/mol. The lowest BCUT2D eigenvalue weighted by Gasteiger charge is -2.34. The zero-order valence-corrected chi connectivity index (χ0v) is 10.9. The van der Waals surface area contributed by atoms with Crippen LogP contribution in [-0.2, 0) is 0 Å². The van der Waals surface area contributed by atoms with E-state index in [4.69, 9.17) is 5.73 Å². The Kier molecular flexibility index (Phi) is 4.60. The minimum Gasteiger partial charge on any atom is -0.324 e. The number of rotatable bonds is 7. The Labute approximate surface area is 95.2 Å². The molecule has 0 unspecified atom stereocenters. The molecule has 15 heavy (non-hydrogen) atoms. The van der Waals surface area contributed by atoms with E-state index in [0.29, 0.717) is 0 Å². The third-order valence-corrected chi connectivity index (χ3v) is 3.47. The summed E-state index contributed by atoms with van der Waals surface area (Å²) in [7, 11) is 0. The maximum Gasteiger partial charge on any atom is 0.0284 e. The molecule has 0 aliphatic heterocycles. The Balaban J connectivity index is 2.50. The Morgan fingerprint density at radius 2 is 1.73 bits per heavy atom. The SMILES string of the molecule is CCC(CC)N(CC(C)C)CC1(N)CC1. The van der Waals surface area contributed by atoms with Gasteiger partial charge in [0.25, 0.3) is 0 Å². The van der Waals surface area contributed by atoms with Crippen LogP contribution in [0.25, 0.3) is 0 Å². The van der Waals surface area contributed by atoms with Crippen LogP contribution < -0.4 is 5.73 Å². The smallest absolute Gasteiger partial charge is 0.0284 e. The molecule has 0 atom stereocenters. The highest BCUT2D eigenvalue weighted by molar-refractivity contribution is 5.01. The molecule has 1 saturated carbocycles. The lowest BCUT2D eigenvalue weighted by atomic mass is 10.1. The van der Waals surface area contributed by atoms with Gasteiger partial charge in [-0.3, -0.25) is 4.90 Å². The van der Waals surface area contributed by atoms with Gasteiger partial charge in [-0.15, -0.1) is 0 Å². The van der Waals surface area contributed by atoms with E-state index < -0.39 is 0 Å². The average molecular weight is 212 g/mol. The fourth-order valence-electron chi connectivity index (χ4n) is 2.34. The third kappa shape index (κ3) is 4.12.